The van der Waals surface area contributed by atoms with Gasteiger partial charge in [-0.25, -0.2) is 0 Å². The number of Topliss-reactive ketones (excluding diaryl/α,β-unsaturated/α-hetero) is 1. The van der Waals surface area contributed by atoms with Gasteiger partial charge in [0.25, 0.3) is 0 Å². The summed E-state index contributed by atoms with van der Waals surface area (Å²) in [4.78, 5) is 33.3. The molecule has 1 saturated heterocycles. The molecule has 1 aliphatic heterocycles. The molecule has 0 spiro atoms. The molecular formula is C22H28N4O2. The number of carbonyl (C=O) groups is 2. The molecule has 1 N–H and O–H groups in total. The standard InChI is InChI=1S/C22H28N4O2/c1-18(27)21(15-19-7-3-2-4-8-19)24-22(28)17-26-13-11-25(12-14-26)16-20-9-5-6-10-23-20/h2-10,21H,11-17H2,1H3,(H,24,28). The van der Waals surface area contributed by atoms with Gasteiger partial charge in [-0.1, -0.05) is 36.4 Å². The molecule has 148 valence electrons. The fraction of sp³-hybridized carbons (Fsp3) is 0.409. The maximum atomic E-state index is 12.5. The van der Waals surface area contributed by atoms with Crippen LogP contribution in [0.4, 0.5) is 0 Å². The highest BCUT2D eigenvalue weighted by Crippen LogP contribution is 2.07. The maximum absolute atomic E-state index is 12.5. The number of piperazine rings is 1. The molecule has 2 aromatic rings. The average Bonchev–Trinajstić information content (AvgIpc) is 2.70. The zero-order valence-corrected chi connectivity index (χ0v) is 16.4. The summed E-state index contributed by atoms with van der Waals surface area (Å²) in [6.07, 6.45) is 2.34. The predicted octanol–water partition coefficient (Wildman–Crippen LogP) is 1.52. The third-order valence-electron chi connectivity index (χ3n) is 5.05. The molecule has 6 nitrogen and oxygen atoms in total. The summed E-state index contributed by atoms with van der Waals surface area (Å²) in [5.41, 5.74) is 2.12. The molecule has 3 rings (SSSR count). The lowest BCUT2D eigenvalue weighted by Gasteiger charge is -2.34. The van der Waals surface area contributed by atoms with Crippen LogP contribution in [-0.4, -0.2) is 65.2 Å². The van der Waals surface area contributed by atoms with Gasteiger partial charge in [0.1, 0.15) is 0 Å². The van der Waals surface area contributed by atoms with Crippen molar-refractivity contribution in [2.45, 2.75) is 25.9 Å². The summed E-state index contributed by atoms with van der Waals surface area (Å²) in [6, 6.07) is 15.3. The Kier molecular flexibility index (Phi) is 7.28. The molecule has 28 heavy (non-hydrogen) atoms. The van der Waals surface area contributed by atoms with E-state index in [1.807, 2.05) is 54.7 Å². The van der Waals surface area contributed by atoms with Crippen molar-refractivity contribution in [3.8, 4) is 0 Å². The number of nitrogens with one attached hydrogen (secondary N) is 1. The van der Waals surface area contributed by atoms with Gasteiger partial charge in [-0.3, -0.25) is 24.4 Å². The number of ketones is 1. The molecule has 2 heterocycles. The molecule has 0 saturated carbocycles. The minimum atomic E-state index is -0.472. The van der Waals surface area contributed by atoms with E-state index >= 15 is 0 Å². The van der Waals surface area contributed by atoms with Crippen LogP contribution in [0.1, 0.15) is 18.2 Å². The number of rotatable bonds is 8. The molecule has 1 aromatic heterocycles. The van der Waals surface area contributed by atoms with E-state index in [9.17, 15) is 9.59 Å². The van der Waals surface area contributed by atoms with Crippen LogP contribution in [0.3, 0.4) is 0 Å². The highest BCUT2D eigenvalue weighted by molar-refractivity contribution is 5.88. The lowest BCUT2D eigenvalue weighted by atomic mass is 10.0. The van der Waals surface area contributed by atoms with Crippen molar-refractivity contribution in [1.29, 1.82) is 0 Å². The second-order valence-electron chi connectivity index (χ2n) is 7.29. The first kappa shape index (κ1) is 20.2. The third kappa shape index (κ3) is 6.25. The lowest BCUT2D eigenvalue weighted by Crippen LogP contribution is -2.51. The number of amides is 1. The molecule has 1 amide bonds. The summed E-state index contributed by atoms with van der Waals surface area (Å²) >= 11 is 0. The Bertz CT molecular complexity index is 759. The molecule has 1 aromatic carbocycles. The van der Waals surface area contributed by atoms with Crippen LogP contribution < -0.4 is 5.32 Å². The van der Waals surface area contributed by atoms with Crippen molar-refractivity contribution >= 4 is 11.7 Å². The first-order chi connectivity index (χ1) is 13.6. The molecule has 6 heteroatoms. The van der Waals surface area contributed by atoms with Gasteiger partial charge in [0, 0.05) is 38.9 Å². The monoisotopic (exact) mass is 380 g/mol. The highest BCUT2D eigenvalue weighted by atomic mass is 16.2. The second kappa shape index (κ2) is 10.1. The van der Waals surface area contributed by atoms with E-state index in [1.54, 1.807) is 0 Å². The Balaban J connectivity index is 1.43. The minimum Gasteiger partial charge on any atom is -0.345 e. The number of benzene rings is 1. The second-order valence-corrected chi connectivity index (χ2v) is 7.29. The molecule has 0 radical (unpaired) electrons. The zero-order chi connectivity index (χ0) is 19.8. The van der Waals surface area contributed by atoms with Crippen LogP contribution in [0.15, 0.2) is 54.7 Å². The Labute approximate surface area is 166 Å². The normalized spacial score (nSPS) is 16.5. The van der Waals surface area contributed by atoms with E-state index in [0.717, 1.165) is 44.0 Å². The van der Waals surface area contributed by atoms with E-state index in [4.69, 9.17) is 0 Å². The molecule has 0 bridgehead atoms. The average molecular weight is 380 g/mol. The summed E-state index contributed by atoms with van der Waals surface area (Å²) in [7, 11) is 0. The van der Waals surface area contributed by atoms with Crippen molar-refractivity contribution in [3.63, 3.8) is 0 Å². The topological polar surface area (TPSA) is 65.5 Å². The number of nitrogens with zero attached hydrogens (tertiary/aromatic N) is 3. The van der Waals surface area contributed by atoms with Crippen LogP contribution in [0.25, 0.3) is 0 Å². The Hall–Kier alpha value is -2.57. The Morgan fingerprint density at radius 2 is 1.68 bits per heavy atom. The fourth-order valence-electron chi connectivity index (χ4n) is 3.42. The number of aromatic nitrogens is 1. The van der Waals surface area contributed by atoms with E-state index in [0.29, 0.717) is 13.0 Å². The highest BCUT2D eigenvalue weighted by Gasteiger charge is 2.22. The van der Waals surface area contributed by atoms with Gasteiger partial charge in [0.05, 0.1) is 18.3 Å². The lowest BCUT2D eigenvalue weighted by molar-refractivity contribution is -0.127. The number of pyridine rings is 1. The van der Waals surface area contributed by atoms with Gasteiger partial charge >= 0.3 is 0 Å². The minimum absolute atomic E-state index is 0.0163. The van der Waals surface area contributed by atoms with E-state index < -0.39 is 6.04 Å². The first-order valence-corrected chi connectivity index (χ1v) is 9.78. The molecule has 0 aliphatic carbocycles. The summed E-state index contributed by atoms with van der Waals surface area (Å²) in [5.74, 6) is -0.105. The van der Waals surface area contributed by atoms with E-state index in [2.05, 4.69) is 20.1 Å². The van der Waals surface area contributed by atoms with Crippen molar-refractivity contribution in [3.05, 3.63) is 66.0 Å². The van der Waals surface area contributed by atoms with Gasteiger partial charge < -0.3 is 5.32 Å². The zero-order valence-electron chi connectivity index (χ0n) is 16.4. The van der Waals surface area contributed by atoms with Crippen LogP contribution in [0.2, 0.25) is 0 Å². The largest absolute Gasteiger partial charge is 0.345 e. The summed E-state index contributed by atoms with van der Waals surface area (Å²) < 4.78 is 0. The number of carbonyl (C=O) groups excluding carboxylic acids is 2. The van der Waals surface area contributed by atoms with Crippen LogP contribution in [0.5, 0.6) is 0 Å². The molecule has 1 unspecified atom stereocenters. The van der Waals surface area contributed by atoms with Gasteiger partial charge in [-0.2, -0.15) is 0 Å². The van der Waals surface area contributed by atoms with Crippen molar-refractivity contribution in [2.75, 3.05) is 32.7 Å². The molecule has 1 atom stereocenters. The number of hydrogen-bond donors (Lipinski definition) is 1. The molecule has 1 fully saturated rings. The third-order valence-corrected chi connectivity index (χ3v) is 5.05. The van der Waals surface area contributed by atoms with Gasteiger partial charge in [-0.15, -0.1) is 0 Å². The molecule has 1 aliphatic rings. The summed E-state index contributed by atoms with van der Waals surface area (Å²) in [6.45, 7) is 6.19. The molecular weight excluding hydrogens is 352 g/mol. The van der Waals surface area contributed by atoms with Crippen LogP contribution in [-0.2, 0) is 22.6 Å². The Morgan fingerprint density at radius 3 is 2.32 bits per heavy atom. The van der Waals surface area contributed by atoms with Crippen molar-refractivity contribution in [2.24, 2.45) is 0 Å². The van der Waals surface area contributed by atoms with Crippen LogP contribution in [0, 0.1) is 0 Å². The van der Waals surface area contributed by atoms with E-state index in [1.165, 1.54) is 6.92 Å². The summed E-state index contributed by atoms with van der Waals surface area (Å²) in [5, 5.41) is 2.91. The van der Waals surface area contributed by atoms with Crippen molar-refractivity contribution < 1.29 is 9.59 Å². The van der Waals surface area contributed by atoms with Crippen LogP contribution >= 0.6 is 0 Å². The Morgan fingerprint density at radius 1 is 1.00 bits per heavy atom. The number of hydrogen-bond acceptors (Lipinski definition) is 5. The van der Waals surface area contributed by atoms with Gasteiger partial charge in [-0.05, 0) is 31.0 Å². The van der Waals surface area contributed by atoms with Gasteiger partial charge in [0.2, 0.25) is 5.91 Å². The van der Waals surface area contributed by atoms with E-state index in [-0.39, 0.29) is 11.7 Å². The fourth-order valence-corrected chi connectivity index (χ4v) is 3.42. The van der Waals surface area contributed by atoms with Crippen molar-refractivity contribution in [1.82, 2.24) is 20.1 Å². The first-order valence-electron chi connectivity index (χ1n) is 9.78. The predicted molar refractivity (Wildman–Crippen MR) is 109 cm³/mol. The van der Waals surface area contributed by atoms with Gasteiger partial charge in [0.15, 0.2) is 5.78 Å². The maximum Gasteiger partial charge on any atom is 0.234 e. The SMILES string of the molecule is CC(=O)C(Cc1ccccc1)NC(=O)CN1CCN(Cc2ccccn2)CC1. The smallest absolute Gasteiger partial charge is 0.234 e. The quantitative estimate of drug-likeness (QED) is 0.752.